The molecule has 2 aromatic heterocycles. The van der Waals surface area contributed by atoms with Gasteiger partial charge in [-0.05, 0) is 48.0 Å². The van der Waals surface area contributed by atoms with Crippen LogP contribution in [0.25, 0.3) is 11.5 Å². The molecule has 1 aromatic carbocycles. The minimum atomic E-state index is -3.59. The molecule has 0 aliphatic rings. The van der Waals surface area contributed by atoms with Gasteiger partial charge < -0.3 is 9.15 Å². The highest BCUT2D eigenvalue weighted by Gasteiger charge is 2.13. The molecule has 2 heterocycles. The minimum absolute atomic E-state index is 0.153. The second-order valence-corrected chi connectivity index (χ2v) is 6.80. The zero-order valence-corrected chi connectivity index (χ0v) is 13.8. The molecule has 0 bridgehead atoms. The molecular formula is C17H16N2O4S. The summed E-state index contributed by atoms with van der Waals surface area (Å²) >= 11 is 0. The van der Waals surface area contributed by atoms with E-state index in [0.29, 0.717) is 17.2 Å². The number of rotatable bonds is 6. The number of ether oxygens (including phenoxy) is 1. The van der Waals surface area contributed by atoms with Crippen LogP contribution >= 0.6 is 0 Å². The normalized spacial score (nSPS) is 11.4. The maximum atomic E-state index is 12.3. The molecule has 3 aromatic rings. The lowest BCUT2D eigenvalue weighted by atomic mass is 10.2. The van der Waals surface area contributed by atoms with Crippen LogP contribution in [0.15, 0.2) is 70.3 Å². The third-order valence-electron chi connectivity index (χ3n) is 3.43. The molecule has 0 aliphatic carbocycles. The molecule has 1 N–H and O–H groups in total. The number of methoxy groups -OCH3 is 1. The summed E-state index contributed by atoms with van der Waals surface area (Å²) in [5.74, 6) is 1.27. The molecule has 0 radical (unpaired) electrons. The van der Waals surface area contributed by atoms with Crippen molar-refractivity contribution in [1.29, 1.82) is 0 Å². The van der Waals surface area contributed by atoms with Gasteiger partial charge in [0.05, 0.1) is 18.3 Å². The van der Waals surface area contributed by atoms with E-state index in [2.05, 4.69) is 9.71 Å². The first-order valence-corrected chi connectivity index (χ1v) is 8.69. The fraction of sp³-hybridized carbons (Fsp3) is 0.118. The topological polar surface area (TPSA) is 81.4 Å². The summed E-state index contributed by atoms with van der Waals surface area (Å²) in [5, 5.41) is 0. The highest BCUT2D eigenvalue weighted by molar-refractivity contribution is 7.89. The van der Waals surface area contributed by atoms with Gasteiger partial charge in [-0.1, -0.05) is 6.07 Å². The fourth-order valence-electron chi connectivity index (χ4n) is 2.12. The van der Waals surface area contributed by atoms with Gasteiger partial charge in [-0.15, -0.1) is 0 Å². The monoisotopic (exact) mass is 344 g/mol. The van der Waals surface area contributed by atoms with Gasteiger partial charge in [0.1, 0.15) is 11.4 Å². The Morgan fingerprint density at radius 3 is 2.50 bits per heavy atom. The van der Waals surface area contributed by atoms with E-state index in [0.717, 1.165) is 5.56 Å². The summed E-state index contributed by atoms with van der Waals surface area (Å²) in [6, 6.07) is 13.4. The van der Waals surface area contributed by atoms with E-state index in [4.69, 9.17) is 9.15 Å². The fourth-order valence-corrected chi connectivity index (χ4v) is 3.13. The van der Waals surface area contributed by atoms with Crippen molar-refractivity contribution in [3.63, 3.8) is 0 Å². The predicted octanol–water partition coefficient (Wildman–Crippen LogP) is 2.83. The van der Waals surface area contributed by atoms with E-state index in [9.17, 15) is 8.42 Å². The first-order chi connectivity index (χ1) is 11.6. The standard InChI is InChI=1S/C17H16N2O4S/c1-22-14-5-7-15(8-6-14)24(20,21)19-12-13-4-9-16(18-11-13)17-3-2-10-23-17/h2-11,19H,12H2,1H3. The highest BCUT2D eigenvalue weighted by atomic mass is 32.2. The number of hydrogen-bond donors (Lipinski definition) is 1. The molecule has 0 spiro atoms. The van der Waals surface area contributed by atoms with E-state index >= 15 is 0 Å². The quantitative estimate of drug-likeness (QED) is 0.743. The lowest BCUT2D eigenvalue weighted by Gasteiger charge is -2.08. The smallest absolute Gasteiger partial charge is 0.240 e. The van der Waals surface area contributed by atoms with Gasteiger partial charge in [0.25, 0.3) is 0 Å². The van der Waals surface area contributed by atoms with Crippen molar-refractivity contribution in [3.05, 3.63) is 66.6 Å². The molecule has 124 valence electrons. The van der Waals surface area contributed by atoms with Crippen molar-refractivity contribution in [2.75, 3.05) is 7.11 Å². The molecule has 3 rings (SSSR count). The van der Waals surface area contributed by atoms with Crippen molar-refractivity contribution in [2.45, 2.75) is 11.4 Å². The lowest BCUT2D eigenvalue weighted by molar-refractivity contribution is 0.414. The number of nitrogens with one attached hydrogen (secondary N) is 1. The summed E-state index contributed by atoms with van der Waals surface area (Å²) < 4.78 is 37.4. The summed E-state index contributed by atoms with van der Waals surface area (Å²) in [6.07, 6.45) is 3.20. The van der Waals surface area contributed by atoms with Crippen molar-refractivity contribution < 1.29 is 17.6 Å². The van der Waals surface area contributed by atoms with Crippen LogP contribution < -0.4 is 9.46 Å². The van der Waals surface area contributed by atoms with Crippen LogP contribution in [-0.2, 0) is 16.6 Å². The molecule has 24 heavy (non-hydrogen) atoms. The number of nitrogens with zero attached hydrogens (tertiary/aromatic N) is 1. The van der Waals surface area contributed by atoms with E-state index in [1.165, 1.54) is 19.2 Å². The Balaban J connectivity index is 1.67. The zero-order valence-electron chi connectivity index (χ0n) is 13.0. The van der Waals surface area contributed by atoms with Crippen LogP contribution in [0.1, 0.15) is 5.56 Å². The Bertz CT molecular complexity index is 887. The second kappa shape index (κ2) is 6.86. The minimum Gasteiger partial charge on any atom is -0.497 e. The van der Waals surface area contributed by atoms with Gasteiger partial charge in [-0.3, -0.25) is 4.98 Å². The SMILES string of the molecule is COc1ccc(S(=O)(=O)NCc2ccc(-c3ccco3)nc2)cc1. The largest absolute Gasteiger partial charge is 0.497 e. The molecule has 0 fully saturated rings. The van der Waals surface area contributed by atoms with Crippen molar-refractivity contribution in [3.8, 4) is 17.2 Å². The predicted molar refractivity (Wildman–Crippen MR) is 89.0 cm³/mol. The van der Waals surface area contributed by atoms with Crippen LogP contribution in [0.3, 0.4) is 0 Å². The highest BCUT2D eigenvalue weighted by Crippen LogP contribution is 2.18. The van der Waals surface area contributed by atoms with E-state index in [1.807, 2.05) is 6.07 Å². The van der Waals surface area contributed by atoms with E-state index in [1.54, 1.807) is 42.8 Å². The molecule has 0 saturated carbocycles. The summed E-state index contributed by atoms with van der Waals surface area (Å²) in [5.41, 5.74) is 1.45. The Morgan fingerprint density at radius 2 is 1.92 bits per heavy atom. The number of hydrogen-bond acceptors (Lipinski definition) is 5. The van der Waals surface area contributed by atoms with Gasteiger partial charge in [-0.25, -0.2) is 13.1 Å². The van der Waals surface area contributed by atoms with Gasteiger partial charge >= 0.3 is 0 Å². The number of furan rings is 1. The third-order valence-corrected chi connectivity index (χ3v) is 4.85. The molecule has 0 atom stereocenters. The first-order valence-electron chi connectivity index (χ1n) is 7.21. The molecule has 0 aliphatic heterocycles. The number of aromatic nitrogens is 1. The van der Waals surface area contributed by atoms with Gasteiger partial charge in [0.2, 0.25) is 10.0 Å². The van der Waals surface area contributed by atoms with Gasteiger partial charge in [0.15, 0.2) is 5.76 Å². The number of pyridine rings is 1. The first kappa shape index (κ1) is 16.2. The number of sulfonamides is 1. The van der Waals surface area contributed by atoms with Crippen LogP contribution in [0.5, 0.6) is 5.75 Å². The van der Waals surface area contributed by atoms with Gasteiger partial charge in [-0.2, -0.15) is 0 Å². The van der Waals surface area contributed by atoms with E-state index < -0.39 is 10.0 Å². The Morgan fingerprint density at radius 1 is 1.12 bits per heavy atom. The maximum absolute atomic E-state index is 12.3. The van der Waals surface area contributed by atoms with Crippen molar-refractivity contribution >= 4 is 10.0 Å². The van der Waals surface area contributed by atoms with Crippen molar-refractivity contribution in [2.24, 2.45) is 0 Å². The van der Waals surface area contributed by atoms with Gasteiger partial charge in [0, 0.05) is 12.7 Å². The average molecular weight is 344 g/mol. The van der Waals surface area contributed by atoms with Crippen LogP contribution in [0.4, 0.5) is 0 Å². The zero-order chi connectivity index (χ0) is 17.0. The average Bonchev–Trinajstić information content (AvgIpc) is 3.15. The summed E-state index contributed by atoms with van der Waals surface area (Å²) in [7, 11) is -2.06. The Labute approximate surface area is 140 Å². The molecule has 0 amide bonds. The Kier molecular flexibility index (Phi) is 4.64. The summed E-state index contributed by atoms with van der Waals surface area (Å²) in [6.45, 7) is 0.153. The van der Waals surface area contributed by atoms with Crippen LogP contribution in [0, 0.1) is 0 Å². The third kappa shape index (κ3) is 3.64. The molecule has 0 saturated heterocycles. The molecule has 0 unspecified atom stereocenters. The molecule has 6 nitrogen and oxygen atoms in total. The molecular weight excluding hydrogens is 328 g/mol. The number of benzene rings is 1. The maximum Gasteiger partial charge on any atom is 0.240 e. The second-order valence-electron chi connectivity index (χ2n) is 5.03. The molecule has 7 heteroatoms. The Hall–Kier alpha value is -2.64. The van der Waals surface area contributed by atoms with Crippen molar-refractivity contribution in [1.82, 2.24) is 9.71 Å². The van der Waals surface area contributed by atoms with Crippen LogP contribution in [-0.4, -0.2) is 20.5 Å². The summed E-state index contributed by atoms with van der Waals surface area (Å²) in [4.78, 5) is 4.46. The lowest BCUT2D eigenvalue weighted by Crippen LogP contribution is -2.23. The van der Waals surface area contributed by atoms with Crippen LogP contribution in [0.2, 0.25) is 0 Å². The van der Waals surface area contributed by atoms with E-state index in [-0.39, 0.29) is 11.4 Å².